The molecule has 2 aromatic rings. The maximum Gasteiger partial charge on any atom is 0.211 e. The summed E-state index contributed by atoms with van der Waals surface area (Å²) in [6, 6.07) is 5.71. The first kappa shape index (κ1) is 18.3. The second-order valence-corrected chi connectivity index (χ2v) is 5.17. The van der Waals surface area contributed by atoms with Crippen LogP contribution in [-0.2, 0) is 6.54 Å². The largest absolute Gasteiger partial charge is 0.369 e. The van der Waals surface area contributed by atoms with Gasteiger partial charge in [-0.1, -0.05) is 17.8 Å². The van der Waals surface area contributed by atoms with E-state index in [0.29, 0.717) is 0 Å². The molecule has 0 saturated carbocycles. The summed E-state index contributed by atoms with van der Waals surface area (Å²) < 4.78 is 2.10. The van der Waals surface area contributed by atoms with Crippen molar-refractivity contribution in [2.24, 2.45) is 21.7 Å². The molecule has 0 atom stereocenters. The highest BCUT2D eigenvalue weighted by atomic mass is 35.5. The topological polar surface area (TPSA) is 107 Å². The molecule has 22 heavy (non-hydrogen) atoms. The molecule has 118 valence electrons. The predicted molar refractivity (Wildman–Crippen MR) is 94.1 cm³/mol. The van der Waals surface area contributed by atoms with Crippen LogP contribution in [0.3, 0.4) is 0 Å². The first-order valence-corrected chi connectivity index (χ1v) is 7.01. The van der Waals surface area contributed by atoms with Gasteiger partial charge in [0.25, 0.3) is 0 Å². The molecule has 1 aliphatic rings. The molecule has 3 rings (SSSR count). The number of imidazole rings is 1. The summed E-state index contributed by atoms with van der Waals surface area (Å²) in [4.78, 5) is 8.95. The molecule has 4 N–H and O–H groups in total. The van der Waals surface area contributed by atoms with Crippen molar-refractivity contribution in [3.8, 4) is 11.4 Å². The molecular formula is C12H15Cl2N7S. The predicted octanol–water partition coefficient (Wildman–Crippen LogP) is 1.50. The summed E-state index contributed by atoms with van der Waals surface area (Å²) >= 11 is 1.71. The van der Waals surface area contributed by atoms with Gasteiger partial charge < -0.3 is 16.0 Å². The third-order valence-corrected chi connectivity index (χ3v) is 3.74. The first-order valence-electron chi connectivity index (χ1n) is 6.02. The third-order valence-electron chi connectivity index (χ3n) is 2.78. The summed E-state index contributed by atoms with van der Waals surface area (Å²) in [6.45, 7) is 0.892. The standard InChI is InChI=1S/C12H13N7S.2ClH/c13-11(14)18-16-7-9-10(8-3-1-2-4-15-8)17-12-19(9)5-6-20-12;;/h1-4,7H,5-6H2,(H4,13,14,18);2*1H/b16-7+;;. The van der Waals surface area contributed by atoms with Crippen LogP contribution in [0.15, 0.2) is 39.8 Å². The minimum Gasteiger partial charge on any atom is -0.369 e. The molecular weight excluding hydrogens is 345 g/mol. The Morgan fingerprint density at radius 2 is 2.14 bits per heavy atom. The number of guanidine groups is 1. The highest BCUT2D eigenvalue weighted by molar-refractivity contribution is 7.99. The number of aromatic nitrogens is 3. The first-order chi connectivity index (χ1) is 9.75. The summed E-state index contributed by atoms with van der Waals surface area (Å²) in [5.41, 5.74) is 13.0. The number of hydrogen-bond donors (Lipinski definition) is 2. The molecule has 0 radical (unpaired) electrons. The van der Waals surface area contributed by atoms with Crippen molar-refractivity contribution in [1.82, 2.24) is 14.5 Å². The van der Waals surface area contributed by atoms with Crippen LogP contribution in [0.5, 0.6) is 0 Å². The number of thioether (sulfide) groups is 1. The van der Waals surface area contributed by atoms with E-state index < -0.39 is 0 Å². The number of pyridine rings is 1. The summed E-state index contributed by atoms with van der Waals surface area (Å²) in [6.07, 6.45) is 3.36. The lowest BCUT2D eigenvalue weighted by Crippen LogP contribution is -2.21. The molecule has 0 unspecified atom stereocenters. The number of rotatable bonds is 3. The molecule has 0 aromatic carbocycles. The Labute approximate surface area is 144 Å². The number of nitrogens with two attached hydrogens (primary N) is 2. The van der Waals surface area contributed by atoms with Gasteiger partial charge in [-0.3, -0.25) is 4.98 Å². The number of fused-ring (bicyclic) bond motifs is 1. The van der Waals surface area contributed by atoms with E-state index in [0.717, 1.165) is 34.5 Å². The van der Waals surface area contributed by atoms with Crippen LogP contribution >= 0.6 is 36.6 Å². The van der Waals surface area contributed by atoms with Gasteiger partial charge in [-0.25, -0.2) is 4.98 Å². The molecule has 1 aliphatic heterocycles. The summed E-state index contributed by atoms with van der Waals surface area (Å²) in [5.74, 6) is 0.935. The van der Waals surface area contributed by atoms with E-state index in [9.17, 15) is 0 Å². The van der Waals surface area contributed by atoms with E-state index in [1.807, 2.05) is 18.2 Å². The molecule has 7 nitrogen and oxygen atoms in total. The molecule has 2 aromatic heterocycles. The number of nitrogens with zero attached hydrogens (tertiary/aromatic N) is 5. The molecule has 0 spiro atoms. The average molecular weight is 360 g/mol. The second-order valence-electron chi connectivity index (χ2n) is 4.11. The lowest BCUT2D eigenvalue weighted by molar-refractivity contribution is 0.715. The van der Waals surface area contributed by atoms with E-state index in [-0.39, 0.29) is 30.8 Å². The third kappa shape index (κ3) is 3.70. The minimum atomic E-state index is -0.0730. The van der Waals surface area contributed by atoms with Crippen LogP contribution in [-0.4, -0.2) is 32.5 Å². The fraction of sp³-hybridized carbons (Fsp3) is 0.167. The van der Waals surface area contributed by atoms with Gasteiger partial charge in [0.05, 0.1) is 17.6 Å². The van der Waals surface area contributed by atoms with Crippen LogP contribution in [0, 0.1) is 0 Å². The fourth-order valence-corrected chi connectivity index (χ4v) is 2.93. The Kier molecular flexibility index (Phi) is 6.66. The molecule has 3 heterocycles. The monoisotopic (exact) mass is 359 g/mol. The summed E-state index contributed by atoms with van der Waals surface area (Å²) in [5, 5.41) is 8.49. The zero-order valence-corrected chi connectivity index (χ0v) is 13.9. The molecule has 0 aliphatic carbocycles. The molecule has 0 bridgehead atoms. The fourth-order valence-electron chi connectivity index (χ4n) is 1.97. The summed E-state index contributed by atoms with van der Waals surface area (Å²) in [7, 11) is 0. The minimum absolute atomic E-state index is 0. The van der Waals surface area contributed by atoms with Gasteiger partial charge in [-0.05, 0) is 12.1 Å². The Morgan fingerprint density at radius 1 is 1.32 bits per heavy atom. The maximum absolute atomic E-state index is 5.27. The van der Waals surface area contributed by atoms with Gasteiger partial charge in [0, 0.05) is 18.5 Å². The van der Waals surface area contributed by atoms with E-state index >= 15 is 0 Å². The Bertz CT molecular complexity index is 680. The average Bonchev–Trinajstić information content (AvgIpc) is 3.01. The molecule has 10 heteroatoms. The smallest absolute Gasteiger partial charge is 0.211 e. The second kappa shape index (κ2) is 8.02. The SMILES string of the molecule is Cl.Cl.NC(N)=N/N=C/c1c(-c2ccccn2)nc2n1CCS2. The van der Waals surface area contributed by atoms with Crippen molar-refractivity contribution < 1.29 is 0 Å². The lowest BCUT2D eigenvalue weighted by Gasteiger charge is -2.01. The van der Waals surface area contributed by atoms with E-state index in [1.165, 1.54) is 0 Å². The van der Waals surface area contributed by atoms with Crippen molar-refractivity contribution in [3.63, 3.8) is 0 Å². The maximum atomic E-state index is 5.27. The quantitative estimate of drug-likeness (QED) is 0.490. The molecule has 0 saturated heterocycles. The van der Waals surface area contributed by atoms with Crippen molar-refractivity contribution in [3.05, 3.63) is 30.1 Å². The van der Waals surface area contributed by atoms with Crippen molar-refractivity contribution >= 4 is 48.8 Å². The highest BCUT2D eigenvalue weighted by Crippen LogP contribution is 2.31. The van der Waals surface area contributed by atoms with Crippen LogP contribution in [0.1, 0.15) is 5.69 Å². The van der Waals surface area contributed by atoms with Gasteiger partial charge in [-0.2, -0.15) is 5.10 Å². The van der Waals surface area contributed by atoms with Crippen LogP contribution in [0.4, 0.5) is 0 Å². The van der Waals surface area contributed by atoms with E-state index in [4.69, 9.17) is 11.5 Å². The number of hydrogen-bond acceptors (Lipinski definition) is 5. The van der Waals surface area contributed by atoms with Crippen LogP contribution < -0.4 is 11.5 Å². The van der Waals surface area contributed by atoms with Gasteiger partial charge in [-0.15, -0.1) is 29.9 Å². The van der Waals surface area contributed by atoms with Gasteiger partial charge in [0.15, 0.2) is 5.16 Å². The Hall–Kier alpha value is -1.77. The number of halogens is 2. The molecule has 0 fully saturated rings. The van der Waals surface area contributed by atoms with Crippen LogP contribution in [0.2, 0.25) is 0 Å². The van der Waals surface area contributed by atoms with Crippen molar-refractivity contribution in [1.29, 1.82) is 0 Å². The zero-order valence-electron chi connectivity index (χ0n) is 11.4. The van der Waals surface area contributed by atoms with Gasteiger partial charge >= 0.3 is 0 Å². The highest BCUT2D eigenvalue weighted by Gasteiger charge is 2.22. The molecule has 0 amide bonds. The van der Waals surface area contributed by atoms with Crippen molar-refractivity contribution in [2.45, 2.75) is 11.7 Å². The van der Waals surface area contributed by atoms with Crippen molar-refractivity contribution in [2.75, 3.05) is 5.75 Å². The van der Waals surface area contributed by atoms with Gasteiger partial charge in [0.1, 0.15) is 5.69 Å². The Morgan fingerprint density at radius 3 is 2.82 bits per heavy atom. The van der Waals surface area contributed by atoms with E-state index in [2.05, 4.69) is 24.7 Å². The lowest BCUT2D eigenvalue weighted by atomic mass is 10.2. The Balaban J connectivity index is 0.00000121. The van der Waals surface area contributed by atoms with Gasteiger partial charge in [0.2, 0.25) is 5.96 Å². The zero-order chi connectivity index (χ0) is 13.9. The van der Waals surface area contributed by atoms with E-state index in [1.54, 1.807) is 24.2 Å². The normalized spacial score (nSPS) is 12.4. The van der Waals surface area contributed by atoms with Crippen LogP contribution in [0.25, 0.3) is 11.4 Å².